The van der Waals surface area contributed by atoms with Crippen molar-refractivity contribution in [3.05, 3.63) is 127 Å². The second-order valence-electron chi connectivity index (χ2n) is 9.86. The van der Waals surface area contributed by atoms with Gasteiger partial charge in [0.15, 0.2) is 4.34 Å². The summed E-state index contributed by atoms with van der Waals surface area (Å²) in [5.74, 6) is -0.722. The van der Waals surface area contributed by atoms with Crippen LogP contribution in [-0.2, 0) is 21.9 Å². The molecule has 0 bridgehead atoms. The van der Waals surface area contributed by atoms with E-state index in [1.165, 1.54) is 39.3 Å². The van der Waals surface area contributed by atoms with Crippen LogP contribution in [0.5, 0.6) is 5.75 Å². The molecule has 3 heterocycles. The Morgan fingerprint density at radius 3 is 2.57 bits per heavy atom. The number of nitrogens with zero attached hydrogens (tertiary/aromatic N) is 3. The standard InChI is InChI=1S/C32H23Cl2N3O4S3/c1-18-4-2-5-19(14-18)16-41-23-11-8-20(9-12-23)28(38)26-27(25-6-3-13-42-25)37(30(40)29(26)39)31-35-36-32(44-31)43-17-21-7-10-22(33)15-24(21)34/h2-15,27,38H,16-17H2,1H3. The number of benzene rings is 3. The average molecular weight is 681 g/mol. The molecule has 5 aromatic rings. The van der Waals surface area contributed by atoms with Gasteiger partial charge in [0, 0.05) is 26.2 Å². The molecule has 1 unspecified atom stereocenters. The second kappa shape index (κ2) is 13.1. The highest BCUT2D eigenvalue weighted by Gasteiger charge is 2.48. The Hall–Kier alpha value is -3.67. The van der Waals surface area contributed by atoms with Crippen molar-refractivity contribution in [2.24, 2.45) is 0 Å². The van der Waals surface area contributed by atoms with Crippen molar-refractivity contribution in [1.29, 1.82) is 0 Å². The Morgan fingerprint density at radius 2 is 1.84 bits per heavy atom. The number of aromatic nitrogens is 2. The summed E-state index contributed by atoms with van der Waals surface area (Å²) >= 11 is 16.3. The molecule has 0 aliphatic carbocycles. The maximum atomic E-state index is 13.4. The highest BCUT2D eigenvalue weighted by Crippen LogP contribution is 2.45. The van der Waals surface area contributed by atoms with Crippen LogP contribution in [0.4, 0.5) is 5.13 Å². The Bertz CT molecular complexity index is 1870. The zero-order chi connectivity index (χ0) is 30.8. The number of rotatable bonds is 9. The number of hydrogen-bond donors (Lipinski definition) is 1. The van der Waals surface area contributed by atoms with E-state index in [1.54, 1.807) is 36.4 Å². The maximum absolute atomic E-state index is 13.4. The molecule has 1 amide bonds. The van der Waals surface area contributed by atoms with Gasteiger partial charge < -0.3 is 9.84 Å². The van der Waals surface area contributed by atoms with Crippen molar-refractivity contribution in [3.8, 4) is 5.75 Å². The summed E-state index contributed by atoms with van der Waals surface area (Å²) in [7, 11) is 0. The summed E-state index contributed by atoms with van der Waals surface area (Å²) in [5.41, 5.74) is 3.45. The van der Waals surface area contributed by atoms with E-state index in [0.29, 0.717) is 42.9 Å². The van der Waals surface area contributed by atoms with Gasteiger partial charge in [-0.1, -0.05) is 88.3 Å². The summed E-state index contributed by atoms with van der Waals surface area (Å²) < 4.78 is 6.50. The Kier molecular flexibility index (Phi) is 9.06. The lowest BCUT2D eigenvalue weighted by Gasteiger charge is -2.20. The van der Waals surface area contributed by atoms with Crippen LogP contribution < -0.4 is 9.64 Å². The number of ether oxygens (including phenoxy) is 1. The number of Topliss-reactive ketones (excluding diaryl/α,β-unsaturated/α-hetero) is 1. The number of aliphatic hydroxyl groups is 1. The molecular weight excluding hydrogens is 657 g/mol. The Labute approximate surface area is 275 Å². The molecule has 1 saturated heterocycles. The minimum absolute atomic E-state index is 0.0109. The molecule has 44 heavy (non-hydrogen) atoms. The normalized spacial score (nSPS) is 16.1. The molecule has 1 N–H and O–H groups in total. The lowest BCUT2D eigenvalue weighted by Crippen LogP contribution is -2.29. The van der Waals surface area contributed by atoms with Gasteiger partial charge in [-0.2, -0.15) is 0 Å². The van der Waals surface area contributed by atoms with E-state index in [4.69, 9.17) is 27.9 Å². The maximum Gasteiger partial charge on any atom is 0.301 e. The van der Waals surface area contributed by atoms with E-state index in [9.17, 15) is 14.7 Å². The molecule has 1 atom stereocenters. The molecule has 12 heteroatoms. The predicted octanol–water partition coefficient (Wildman–Crippen LogP) is 8.71. The SMILES string of the molecule is Cc1cccc(COc2ccc(C(O)=C3C(=O)C(=O)N(c4nnc(SCc5ccc(Cl)cc5Cl)s4)C3c3cccs3)cc2)c1. The molecule has 0 spiro atoms. The summed E-state index contributed by atoms with van der Waals surface area (Å²) in [4.78, 5) is 28.9. The highest BCUT2D eigenvalue weighted by atomic mass is 35.5. The molecule has 3 aromatic carbocycles. The number of halogens is 2. The first-order chi connectivity index (χ1) is 21.3. The molecule has 1 aliphatic rings. The molecule has 6 rings (SSSR count). The first-order valence-electron chi connectivity index (χ1n) is 13.3. The summed E-state index contributed by atoms with van der Waals surface area (Å²) in [6, 6.07) is 22.9. The number of thioether (sulfide) groups is 1. The highest BCUT2D eigenvalue weighted by molar-refractivity contribution is 8.00. The summed E-state index contributed by atoms with van der Waals surface area (Å²) in [5, 5.41) is 23.1. The van der Waals surface area contributed by atoms with Crippen LogP contribution in [0.15, 0.2) is 94.2 Å². The van der Waals surface area contributed by atoms with Gasteiger partial charge in [-0.3, -0.25) is 14.5 Å². The predicted molar refractivity (Wildman–Crippen MR) is 177 cm³/mol. The topological polar surface area (TPSA) is 92.6 Å². The number of hydrogen-bond acceptors (Lipinski definition) is 9. The number of carbonyl (C=O) groups is 2. The van der Waals surface area contributed by atoms with Gasteiger partial charge in [0.2, 0.25) is 5.13 Å². The van der Waals surface area contributed by atoms with Gasteiger partial charge in [-0.25, -0.2) is 0 Å². The number of carbonyl (C=O) groups excluding carboxylic acids is 2. The van der Waals surface area contributed by atoms with E-state index in [-0.39, 0.29) is 16.5 Å². The van der Waals surface area contributed by atoms with Crippen LogP contribution in [0.3, 0.4) is 0 Å². The van der Waals surface area contributed by atoms with Crippen molar-refractivity contribution >= 4 is 80.2 Å². The fourth-order valence-electron chi connectivity index (χ4n) is 4.72. The molecule has 1 fully saturated rings. The third kappa shape index (κ3) is 6.40. The zero-order valence-corrected chi connectivity index (χ0v) is 27.0. The third-order valence-corrected chi connectivity index (χ3v) is 10.5. The van der Waals surface area contributed by atoms with Gasteiger partial charge in [0.05, 0.1) is 5.57 Å². The Morgan fingerprint density at radius 1 is 1.02 bits per heavy atom. The minimum atomic E-state index is -0.858. The van der Waals surface area contributed by atoms with E-state index in [0.717, 1.165) is 16.7 Å². The Balaban J connectivity index is 1.26. The van der Waals surface area contributed by atoms with Crippen molar-refractivity contribution in [2.75, 3.05) is 4.90 Å². The van der Waals surface area contributed by atoms with Crippen LogP contribution >= 0.6 is 57.6 Å². The van der Waals surface area contributed by atoms with E-state index < -0.39 is 17.7 Å². The van der Waals surface area contributed by atoms with E-state index in [1.807, 2.05) is 48.7 Å². The largest absolute Gasteiger partial charge is 0.507 e. The van der Waals surface area contributed by atoms with Crippen molar-refractivity contribution in [2.45, 2.75) is 29.7 Å². The van der Waals surface area contributed by atoms with E-state index in [2.05, 4.69) is 16.3 Å². The first kappa shape index (κ1) is 30.4. The summed E-state index contributed by atoms with van der Waals surface area (Å²) in [6.45, 7) is 2.42. The lowest BCUT2D eigenvalue weighted by atomic mass is 10.00. The molecule has 7 nitrogen and oxygen atoms in total. The fraction of sp³-hybridized carbons (Fsp3) is 0.125. The quantitative estimate of drug-likeness (QED) is 0.0548. The monoisotopic (exact) mass is 679 g/mol. The minimum Gasteiger partial charge on any atom is -0.507 e. The van der Waals surface area contributed by atoms with Gasteiger partial charge in [0.25, 0.3) is 5.78 Å². The van der Waals surface area contributed by atoms with Crippen LogP contribution in [-0.4, -0.2) is 27.0 Å². The number of ketones is 1. The van der Waals surface area contributed by atoms with Gasteiger partial charge in [-0.05, 0) is 65.9 Å². The number of aryl methyl sites for hydroxylation is 1. The second-order valence-corrected chi connectivity index (χ2v) is 13.9. The number of amides is 1. The molecule has 222 valence electrons. The first-order valence-corrected chi connectivity index (χ1v) is 16.8. The third-order valence-electron chi connectivity index (χ3n) is 6.84. The molecule has 1 aliphatic heterocycles. The average Bonchev–Trinajstić information content (AvgIpc) is 3.76. The van der Waals surface area contributed by atoms with Gasteiger partial charge >= 0.3 is 5.91 Å². The van der Waals surface area contributed by atoms with Crippen molar-refractivity contribution in [1.82, 2.24) is 10.2 Å². The zero-order valence-electron chi connectivity index (χ0n) is 23.1. The van der Waals surface area contributed by atoms with Crippen LogP contribution in [0.1, 0.15) is 33.2 Å². The van der Waals surface area contributed by atoms with Crippen LogP contribution in [0.2, 0.25) is 10.0 Å². The summed E-state index contributed by atoms with van der Waals surface area (Å²) in [6.07, 6.45) is 0. The molecule has 0 saturated carbocycles. The number of anilines is 1. The molecule has 0 radical (unpaired) electrons. The van der Waals surface area contributed by atoms with E-state index >= 15 is 0 Å². The number of thiophene rings is 1. The smallest absolute Gasteiger partial charge is 0.301 e. The number of aliphatic hydroxyl groups excluding tert-OH is 1. The fourth-order valence-corrected chi connectivity index (χ4v) is 7.96. The van der Waals surface area contributed by atoms with Gasteiger partial charge in [0.1, 0.15) is 24.2 Å². The van der Waals surface area contributed by atoms with Crippen molar-refractivity contribution < 1.29 is 19.4 Å². The van der Waals surface area contributed by atoms with Crippen LogP contribution in [0.25, 0.3) is 5.76 Å². The molecular formula is C32H23Cl2N3O4S3. The molecule has 2 aromatic heterocycles. The lowest BCUT2D eigenvalue weighted by molar-refractivity contribution is -0.132. The van der Waals surface area contributed by atoms with Crippen molar-refractivity contribution in [3.63, 3.8) is 0 Å². The van der Waals surface area contributed by atoms with Gasteiger partial charge in [-0.15, -0.1) is 21.5 Å². The van der Waals surface area contributed by atoms with Crippen LogP contribution in [0, 0.1) is 6.92 Å².